The SMILES string of the molecule is CN(C)c1cccc(OCCNc2ccc(Br)cc2)c1. The lowest BCUT2D eigenvalue weighted by Crippen LogP contribution is -2.12. The molecule has 0 unspecified atom stereocenters. The Bertz CT molecular complexity index is 540. The molecule has 0 aromatic heterocycles. The molecule has 0 heterocycles. The minimum absolute atomic E-state index is 0.632. The number of nitrogens with one attached hydrogen (secondary N) is 1. The van der Waals surface area contributed by atoms with Gasteiger partial charge in [-0.3, -0.25) is 0 Å². The summed E-state index contributed by atoms with van der Waals surface area (Å²) >= 11 is 3.42. The van der Waals surface area contributed by atoms with Gasteiger partial charge in [-0.2, -0.15) is 0 Å². The van der Waals surface area contributed by atoms with Crippen molar-refractivity contribution in [3.05, 3.63) is 53.0 Å². The normalized spacial score (nSPS) is 10.2. The standard InChI is InChI=1S/C16H19BrN2O/c1-19(2)15-4-3-5-16(12-15)20-11-10-18-14-8-6-13(17)7-9-14/h3-9,12,18H,10-11H2,1-2H3. The first kappa shape index (κ1) is 14.7. The topological polar surface area (TPSA) is 24.5 Å². The summed E-state index contributed by atoms with van der Waals surface area (Å²) in [6.07, 6.45) is 0. The Kier molecular flexibility index (Phi) is 5.30. The van der Waals surface area contributed by atoms with Gasteiger partial charge in [-0.05, 0) is 36.4 Å². The highest BCUT2D eigenvalue weighted by Gasteiger charge is 1.98. The lowest BCUT2D eigenvalue weighted by molar-refractivity contribution is 0.333. The molecule has 0 spiro atoms. The number of halogens is 1. The highest BCUT2D eigenvalue weighted by molar-refractivity contribution is 9.10. The van der Waals surface area contributed by atoms with Crippen LogP contribution >= 0.6 is 15.9 Å². The molecule has 0 radical (unpaired) electrons. The average Bonchev–Trinajstić information content (AvgIpc) is 2.46. The van der Waals surface area contributed by atoms with Crippen LogP contribution in [-0.4, -0.2) is 27.2 Å². The zero-order chi connectivity index (χ0) is 14.4. The molecule has 0 aliphatic carbocycles. The summed E-state index contributed by atoms with van der Waals surface area (Å²) in [4.78, 5) is 2.06. The van der Waals surface area contributed by atoms with E-state index in [1.54, 1.807) is 0 Å². The number of hydrogen-bond donors (Lipinski definition) is 1. The predicted molar refractivity (Wildman–Crippen MR) is 88.9 cm³/mol. The second-order valence-electron chi connectivity index (χ2n) is 4.67. The lowest BCUT2D eigenvalue weighted by Gasteiger charge is -2.14. The maximum Gasteiger partial charge on any atom is 0.121 e. The van der Waals surface area contributed by atoms with Gasteiger partial charge in [-0.1, -0.05) is 22.0 Å². The fraction of sp³-hybridized carbons (Fsp3) is 0.250. The molecule has 0 bridgehead atoms. The first-order valence-corrected chi connectivity index (χ1v) is 7.34. The minimum Gasteiger partial charge on any atom is -0.492 e. The third-order valence-corrected chi connectivity index (χ3v) is 3.41. The van der Waals surface area contributed by atoms with E-state index in [-0.39, 0.29) is 0 Å². The summed E-state index contributed by atoms with van der Waals surface area (Å²) in [5.74, 6) is 0.897. The number of benzene rings is 2. The molecular weight excluding hydrogens is 316 g/mol. The van der Waals surface area contributed by atoms with E-state index >= 15 is 0 Å². The summed E-state index contributed by atoms with van der Waals surface area (Å²) in [6.45, 7) is 1.40. The van der Waals surface area contributed by atoms with E-state index in [4.69, 9.17) is 4.74 Å². The number of rotatable bonds is 6. The van der Waals surface area contributed by atoms with E-state index in [2.05, 4.69) is 32.2 Å². The number of anilines is 2. The van der Waals surface area contributed by atoms with Crippen LogP contribution in [0.2, 0.25) is 0 Å². The molecule has 2 aromatic rings. The van der Waals surface area contributed by atoms with Gasteiger partial charge in [-0.25, -0.2) is 0 Å². The summed E-state index contributed by atoms with van der Waals surface area (Å²) in [5.41, 5.74) is 2.24. The third-order valence-electron chi connectivity index (χ3n) is 2.88. The van der Waals surface area contributed by atoms with E-state index < -0.39 is 0 Å². The van der Waals surface area contributed by atoms with E-state index in [0.29, 0.717) is 6.61 Å². The molecule has 0 saturated heterocycles. The molecule has 20 heavy (non-hydrogen) atoms. The third kappa shape index (κ3) is 4.46. The Morgan fingerprint density at radius 1 is 1.10 bits per heavy atom. The molecule has 2 aromatic carbocycles. The van der Waals surface area contributed by atoms with E-state index in [1.165, 1.54) is 0 Å². The monoisotopic (exact) mass is 334 g/mol. The van der Waals surface area contributed by atoms with Crippen molar-refractivity contribution in [1.82, 2.24) is 0 Å². The van der Waals surface area contributed by atoms with Crippen molar-refractivity contribution >= 4 is 27.3 Å². The Balaban J connectivity index is 1.78. The second kappa shape index (κ2) is 7.20. The maximum absolute atomic E-state index is 5.74. The van der Waals surface area contributed by atoms with Crippen LogP contribution in [0, 0.1) is 0 Å². The van der Waals surface area contributed by atoms with E-state index in [9.17, 15) is 0 Å². The molecule has 0 aliphatic heterocycles. The molecule has 4 heteroatoms. The van der Waals surface area contributed by atoms with Crippen molar-refractivity contribution in [3.63, 3.8) is 0 Å². The molecule has 0 aliphatic rings. The van der Waals surface area contributed by atoms with Crippen molar-refractivity contribution in [1.29, 1.82) is 0 Å². The Morgan fingerprint density at radius 2 is 1.85 bits per heavy atom. The first-order chi connectivity index (χ1) is 9.65. The fourth-order valence-corrected chi connectivity index (χ4v) is 2.05. The zero-order valence-corrected chi connectivity index (χ0v) is 13.4. The Hall–Kier alpha value is -1.68. The lowest BCUT2D eigenvalue weighted by atomic mass is 10.3. The van der Waals surface area contributed by atoms with Crippen molar-refractivity contribution in [2.24, 2.45) is 0 Å². The first-order valence-electron chi connectivity index (χ1n) is 6.55. The van der Waals surface area contributed by atoms with Crippen molar-refractivity contribution in [2.45, 2.75) is 0 Å². The van der Waals surface area contributed by atoms with Crippen molar-refractivity contribution in [3.8, 4) is 5.75 Å². The number of nitrogens with zero attached hydrogens (tertiary/aromatic N) is 1. The van der Waals surface area contributed by atoms with E-state index in [1.807, 2.05) is 56.6 Å². The zero-order valence-electron chi connectivity index (χ0n) is 11.8. The van der Waals surface area contributed by atoms with Crippen LogP contribution in [0.5, 0.6) is 5.75 Å². The van der Waals surface area contributed by atoms with Gasteiger partial charge in [0.25, 0.3) is 0 Å². The van der Waals surface area contributed by atoms with Crippen molar-refractivity contribution in [2.75, 3.05) is 37.5 Å². The van der Waals surface area contributed by atoms with Crippen LogP contribution < -0.4 is 15.0 Å². The number of hydrogen-bond acceptors (Lipinski definition) is 3. The minimum atomic E-state index is 0.632. The smallest absolute Gasteiger partial charge is 0.121 e. The van der Waals surface area contributed by atoms with Crippen LogP contribution in [-0.2, 0) is 0 Å². The largest absolute Gasteiger partial charge is 0.492 e. The van der Waals surface area contributed by atoms with Crippen LogP contribution in [0.3, 0.4) is 0 Å². The predicted octanol–water partition coefficient (Wildman–Crippen LogP) is 4.01. The molecule has 106 valence electrons. The summed E-state index contributed by atoms with van der Waals surface area (Å²) in [7, 11) is 4.04. The van der Waals surface area contributed by atoms with Gasteiger partial charge >= 0.3 is 0 Å². The Morgan fingerprint density at radius 3 is 2.55 bits per heavy atom. The van der Waals surface area contributed by atoms with Gasteiger partial charge in [0.05, 0.1) is 0 Å². The summed E-state index contributed by atoms with van der Waals surface area (Å²) in [6, 6.07) is 16.2. The highest BCUT2D eigenvalue weighted by atomic mass is 79.9. The van der Waals surface area contributed by atoms with Crippen molar-refractivity contribution < 1.29 is 4.74 Å². The van der Waals surface area contributed by atoms with Gasteiger partial charge in [0.15, 0.2) is 0 Å². The molecule has 0 fully saturated rings. The van der Waals surface area contributed by atoms with Gasteiger partial charge in [-0.15, -0.1) is 0 Å². The quantitative estimate of drug-likeness (QED) is 0.808. The number of ether oxygens (including phenoxy) is 1. The molecule has 0 atom stereocenters. The highest BCUT2D eigenvalue weighted by Crippen LogP contribution is 2.19. The molecule has 3 nitrogen and oxygen atoms in total. The van der Waals surface area contributed by atoms with Crippen LogP contribution in [0.25, 0.3) is 0 Å². The van der Waals surface area contributed by atoms with Gasteiger partial charge in [0.1, 0.15) is 12.4 Å². The molecule has 1 N–H and O–H groups in total. The molecule has 2 rings (SSSR count). The maximum atomic E-state index is 5.74. The Labute approximate surface area is 128 Å². The molecule has 0 saturated carbocycles. The average molecular weight is 335 g/mol. The van der Waals surface area contributed by atoms with Gasteiger partial charge in [0.2, 0.25) is 0 Å². The van der Waals surface area contributed by atoms with Crippen LogP contribution in [0.15, 0.2) is 53.0 Å². The second-order valence-corrected chi connectivity index (χ2v) is 5.59. The fourth-order valence-electron chi connectivity index (χ4n) is 1.78. The molecule has 0 amide bonds. The van der Waals surface area contributed by atoms with Crippen LogP contribution in [0.1, 0.15) is 0 Å². The van der Waals surface area contributed by atoms with Gasteiger partial charge in [0, 0.05) is 42.6 Å². The van der Waals surface area contributed by atoms with Crippen LogP contribution in [0.4, 0.5) is 11.4 Å². The molecular formula is C16H19BrN2O. The summed E-state index contributed by atoms with van der Waals surface area (Å²) < 4.78 is 6.83. The summed E-state index contributed by atoms with van der Waals surface area (Å²) in [5, 5.41) is 3.32. The van der Waals surface area contributed by atoms with Gasteiger partial charge < -0.3 is 15.0 Å². The van der Waals surface area contributed by atoms with E-state index in [0.717, 1.165) is 28.1 Å².